The second kappa shape index (κ2) is 17.3. The monoisotopic (exact) mass is 840 g/mol. The van der Waals surface area contributed by atoms with Crippen molar-refractivity contribution >= 4 is 56.7 Å². The number of hydrogen-bond donors (Lipinski definition) is 3. The SMILES string of the molecule is C[N+]1(Cc2ccc3c(c2)OCO3)CCC[C@H](N(C(=O)Nc2ccc(OS(=O)(=O)c3ccc(Cl)s3)cc2)[C@@H](Cc2ccc(O)cc2)C(N)=O)C1.O=C([O-])C(F)(F)F. The second-order valence-corrected chi connectivity index (χ2v) is 16.7. The minimum absolute atomic E-state index is 0.0342. The molecule has 0 aliphatic carbocycles. The molecule has 14 nitrogen and oxygen atoms in total. The molecule has 2 aliphatic heterocycles. The number of carbonyl (C=O) groups excluding carboxylic acids is 3. The first-order valence-corrected chi connectivity index (χ1v) is 19.4. The van der Waals surface area contributed by atoms with Crippen LogP contribution in [-0.2, 0) is 32.7 Å². The van der Waals surface area contributed by atoms with E-state index in [9.17, 15) is 36.3 Å². The number of halogens is 4. The van der Waals surface area contributed by atoms with Crippen LogP contribution in [0.5, 0.6) is 23.0 Å². The molecule has 1 saturated heterocycles. The van der Waals surface area contributed by atoms with E-state index in [1.807, 2.05) is 18.2 Å². The Balaban J connectivity index is 0.000000784. The molecule has 56 heavy (non-hydrogen) atoms. The number of amides is 3. The van der Waals surface area contributed by atoms with Crippen molar-refractivity contribution in [2.75, 3.05) is 32.2 Å². The predicted octanol–water partition coefficient (Wildman–Crippen LogP) is 4.64. The molecule has 300 valence electrons. The van der Waals surface area contributed by atoms with Gasteiger partial charge in [-0.25, -0.2) is 4.79 Å². The number of hydrogen-bond acceptors (Lipinski definition) is 11. The first kappa shape index (κ1) is 41.9. The third kappa shape index (κ3) is 11.0. The zero-order valence-corrected chi connectivity index (χ0v) is 31.9. The average molecular weight is 841 g/mol. The summed E-state index contributed by atoms with van der Waals surface area (Å²) in [5.74, 6) is -2.14. The van der Waals surface area contributed by atoms with Gasteiger partial charge in [0.15, 0.2) is 15.7 Å². The van der Waals surface area contributed by atoms with Crippen molar-refractivity contribution in [2.45, 2.75) is 48.3 Å². The van der Waals surface area contributed by atoms with Crippen molar-refractivity contribution in [3.05, 3.63) is 94.3 Å². The molecule has 3 amide bonds. The highest BCUT2D eigenvalue weighted by Crippen LogP contribution is 2.35. The van der Waals surface area contributed by atoms with Crippen LogP contribution in [0.2, 0.25) is 4.34 Å². The number of primary amides is 1. The minimum Gasteiger partial charge on any atom is -0.542 e. The summed E-state index contributed by atoms with van der Waals surface area (Å²) in [6, 6.07) is 19.1. The van der Waals surface area contributed by atoms with Crippen molar-refractivity contribution < 1.29 is 64.3 Å². The van der Waals surface area contributed by atoms with Gasteiger partial charge in [-0.15, -0.1) is 11.3 Å². The van der Waals surface area contributed by atoms with E-state index in [0.29, 0.717) is 45.5 Å². The number of thiophene rings is 1. The minimum atomic E-state index is -5.19. The molecule has 4 aromatic rings. The molecule has 3 aromatic carbocycles. The molecule has 6 rings (SSSR count). The number of piperidine rings is 1. The van der Waals surface area contributed by atoms with Gasteiger partial charge in [0.05, 0.1) is 30.5 Å². The predicted molar refractivity (Wildman–Crippen MR) is 196 cm³/mol. The van der Waals surface area contributed by atoms with Gasteiger partial charge >= 0.3 is 22.3 Å². The number of aliphatic carboxylic acids is 1. The summed E-state index contributed by atoms with van der Waals surface area (Å²) in [7, 11) is -1.96. The lowest BCUT2D eigenvalue weighted by molar-refractivity contribution is -0.928. The lowest BCUT2D eigenvalue weighted by Crippen LogP contribution is -2.62. The first-order chi connectivity index (χ1) is 26.3. The van der Waals surface area contributed by atoms with Gasteiger partial charge in [-0.1, -0.05) is 23.7 Å². The number of anilines is 1. The van der Waals surface area contributed by atoms with E-state index in [1.165, 1.54) is 48.5 Å². The van der Waals surface area contributed by atoms with Crippen molar-refractivity contribution in [3.8, 4) is 23.0 Å². The number of phenolic OH excluding ortho intramolecular Hbond substituents is 1. The number of carboxylic acids is 1. The molecule has 3 atom stereocenters. The highest BCUT2D eigenvalue weighted by Gasteiger charge is 2.41. The largest absolute Gasteiger partial charge is 0.542 e. The van der Waals surface area contributed by atoms with Gasteiger partial charge in [-0.05, 0) is 85.1 Å². The number of ether oxygens (including phenoxy) is 2. The number of carboxylic acid groups (broad SMARTS) is 1. The zero-order chi connectivity index (χ0) is 40.8. The number of urea groups is 1. The molecule has 4 N–H and O–H groups in total. The van der Waals surface area contributed by atoms with E-state index in [1.54, 1.807) is 17.0 Å². The molecular weight excluding hydrogens is 805 g/mol. The number of benzene rings is 3. The number of fused-ring (bicyclic) bond motifs is 1. The Morgan fingerprint density at radius 2 is 1.70 bits per heavy atom. The third-order valence-corrected chi connectivity index (χ3v) is 11.8. The lowest BCUT2D eigenvalue weighted by atomic mass is 9.96. The maximum Gasteiger partial charge on any atom is 0.430 e. The Morgan fingerprint density at radius 1 is 1.05 bits per heavy atom. The Bertz CT molecular complexity index is 2150. The molecule has 2 aliphatic rings. The number of alkyl halides is 3. The number of carbonyl (C=O) groups is 3. The van der Waals surface area contributed by atoms with Gasteiger partial charge in [-0.2, -0.15) is 21.6 Å². The fraction of sp³-hybridized carbons (Fsp3) is 0.306. The molecule has 0 spiro atoms. The number of nitrogens with two attached hydrogens (primary N) is 1. The van der Waals surface area contributed by atoms with Crippen LogP contribution in [0, 0.1) is 0 Å². The van der Waals surface area contributed by atoms with Crippen molar-refractivity contribution in [1.82, 2.24) is 4.90 Å². The summed E-state index contributed by atoms with van der Waals surface area (Å²) < 4.78 is 74.0. The summed E-state index contributed by atoms with van der Waals surface area (Å²) >= 11 is 6.77. The first-order valence-electron chi connectivity index (χ1n) is 16.8. The summed E-state index contributed by atoms with van der Waals surface area (Å²) in [6.07, 6.45) is -3.60. The molecule has 20 heteroatoms. The fourth-order valence-corrected chi connectivity index (χ4v) is 8.76. The Labute approximate surface area is 328 Å². The van der Waals surface area contributed by atoms with Crippen LogP contribution < -0.4 is 29.8 Å². The van der Waals surface area contributed by atoms with Gasteiger partial charge in [0.25, 0.3) is 0 Å². The smallest absolute Gasteiger partial charge is 0.430 e. The number of quaternary nitrogens is 1. The molecular formula is C36H36ClF3N4O10S2. The highest BCUT2D eigenvalue weighted by molar-refractivity contribution is 7.89. The van der Waals surface area contributed by atoms with E-state index < -0.39 is 40.2 Å². The van der Waals surface area contributed by atoms with Gasteiger partial charge in [0.2, 0.25) is 12.7 Å². The van der Waals surface area contributed by atoms with Crippen molar-refractivity contribution in [2.24, 2.45) is 5.73 Å². The van der Waals surface area contributed by atoms with E-state index in [-0.39, 0.29) is 35.0 Å². The molecule has 1 unspecified atom stereocenters. The maximum atomic E-state index is 14.2. The Kier molecular flexibility index (Phi) is 12.9. The van der Waals surface area contributed by atoms with Gasteiger partial charge in [0.1, 0.15) is 30.1 Å². The zero-order valence-electron chi connectivity index (χ0n) is 29.5. The molecule has 1 aromatic heterocycles. The summed E-state index contributed by atoms with van der Waals surface area (Å²) in [4.78, 5) is 37.6. The number of phenols is 1. The van der Waals surface area contributed by atoms with Crippen LogP contribution in [-0.4, -0.2) is 86.0 Å². The van der Waals surface area contributed by atoms with E-state index in [2.05, 4.69) is 12.4 Å². The van der Waals surface area contributed by atoms with Crippen molar-refractivity contribution in [3.63, 3.8) is 0 Å². The number of nitrogens with one attached hydrogen (secondary N) is 1. The van der Waals surface area contributed by atoms with Crippen LogP contribution >= 0.6 is 22.9 Å². The highest BCUT2D eigenvalue weighted by atomic mass is 35.5. The molecule has 1 fully saturated rings. The van der Waals surface area contributed by atoms with Crippen LogP contribution in [0.4, 0.5) is 23.7 Å². The second-order valence-electron chi connectivity index (χ2n) is 13.2. The van der Waals surface area contributed by atoms with E-state index in [4.69, 9.17) is 40.9 Å². The Morgan fingerprint density at radius 3 is 2.30 bits per heavy atom. The molecule has 0 saturated carbocycles. The molecule has 0 radical (unpaired) electrons. The normalized spacial score (nSPS) is 18.2. The number of aromatic hydroxyl groups is 1. The number of nitrogens with zero attached hydrogens (tertiary/aromatic N) is 2. The van der Waals surface area contributed by atoms with Gasteiger partial charge < -0.3 is 49.1 Å². The molecule has 3 heterocycles. The van der Waals surface area contributed by atoms with Gasteiger partial charge in [0, 0.05) is 17.7 Å². The lowest BCUT2D eigenvalue weighted by Gasteiger charge is -2.46. The van der Waals surface area contributed by atoms with Crippen LogP contribution in [0.1, 0.15) is 24.0 Å². The third-order valence-electron chi connectivity index (χ3n) is 8.88. The summed E-state index contributed by atoms with van der Waals surface area (Å²) in [6.45, 7) is 2.27. The average Bonchev–Trinajstić information content (AvgIpc) is 3.78. The number of likely N-dealkylation sites (N-methyl/N-ethyl adjacent to an activating group) is 1. The van der Waals surface area contributed by atoms with Crippen LogP contribution in [0.25, 0.3) is 0 Å². The molecule has 0 bridgehead atoms. The summed E-state index contributed by atoms with van der Waals surface area (Å²) in [5, 5.41) is 21.5. The fourth-order valence-electron chi connectivity index (χ4n) is 6.39. The quantitative estimate of drug-likeness (QED) is 0.141. The Hall–Kier alpha value is -5.24. The maximum absolute atomic E-state index is 14.2. The summed E-state index contributed by atoms with van der Waals surface area (Å²) in [5.41, 5.74) is 8.15. The van der Waals surface area contributed by atoms with Crippen molar-refractivity contribution in [1.29, 1.82) is 0 Å². The van der Waals surface area contributed by atoms with Gasteiger partial charge in [-0.3, -0.25) is 4.79 Å². The standard InChI is InChI=1S/C34H35ClN4O8S2.C2HF3O2/c1-39(19-23-6-13-29-30(18-23)46-21-45-29)16-2-3-25(20-39)38(28(33(36)41)17-22-4-9-26(40)10-5-22)34(42)37-24-7-11-27(12-8-24)47-49(43,44)32-15-14-31(35)48-32;3-2(4,5)1(6)7/h4-15,18,25,28H,2-3,16-17,19-21H2,1H3,(H3-,36,37,40,41,42);(H,6,7)/t25-,28-,39?;/m0./s1. The van der Waals surface area contributed by atoms with Crippen LogP contribution in [0.15, 0.2) is 83.1 Å². The number of likely N-dealkylation sites (tertiary alicyclic amines) is 1. The van der Waals surface area contributed by atoms with Crippen LogP contribution in [0.3, 0.4) is 0 Å². The van der Waals surface area contributed by atoms with E-state index >= 15 is 0 Å². The topological polar surface area (TPSA) is 198 Å². The van der Waals surface area contributed by atoms with E-state index in [0.717, 1.165) is 35.4 Å². The number of rotatable bonds is 11.